The van der Waals surface area contributed by atoms with Gasteiger partial charge in [-0.15, -0.1) is 0 Å². The van der Waals surface area contributed by atoms with Crippen LogP contribution in [0.5, 0.6) is 0 Å². The normalized spacial score (nSPS) is 16.7. The number of nitriles is 1. The molecule has 1 amide bonds. The molecule has 0 unspecified atom stereocenters. The molecule has 0 saturated carbocycles. The number of carbonyl (C=O) groups excluding carboxylic acids is 1. The Morgan fingerprint density at radius 2 is 2.04 bits per heavy atom. The monoisotopic (exact) mass is 368 g/mol. The summed E-state index contributed by atoms with van der Waals surface area (Å²) in [5.41, 5.74) is 0.510. The number of rotatable bonds is 4. The molecule has 1 aromatic rings. The van der Waals surface area contributed by atoms with Gasteiger partial charge in [-0.2, -0.15) is 5.26 Å². The highest BCUT2D eigenvalue weighted by Gasteiger charge is 2.27. The predicted octanol–water partition coefficient (Wildman–Crippen LogP) is 3.15. The van der Waals surface area contributed by atoms with Gasteiger partial charge in [-0.25, -0.2) is 8.42 Å². The van der Waals surface area contributed by atoms with Gasteiger partial charge in [0.15, 0.2) is 0 Å². The van der Waals surface area contributed by atoms with Gasteiger partial charge >= 0.3 is 0 Å². The third kappa shape index (κ3) is 3.46. The summed E-state index contributed by atoms with van der Waals surface area (Å²) in [6, 6.07) is 9.97. The number of hydrogen-bond acceptors (Lipinski definition) is 5. The van der Waals surface area contributed by atoms with Crippen molar-refractivity contribution in [2.45, 2.75) is 24.2 Å². The molecular formula is C19H16N2O4S. The van der Waals surface area contributed by atoms with Gasteiger partial charge < -0.3 is 4.74 Å². The van der Waals surface area contributed by atoms with Crippen LogP contribution in [0.4, 0.5) is 0 Å². The van der Waals surface area contributed by atoms with Crippen molar-refractivity contribution in [2.75, 3.05) is 0 Å². The van der Waals surface area contributed by atoms with E-state index in [1.165, 1.54) is 23.6 Å². The SMILES string of the molecule is N#CCC(=O)N1C=COC(C2=C(S(=O)(=O)c3ccccc3)C=CCC2)=C1. The molecule has 0 saturated heterocycles. The van der Waals surface area contributed by atoms with E-state index in [1.807, 2.05) is 0 Å². The number of carbonyl (C=O) groups is 1. The molecule has 132 valence electrons. The molecule has 0 aromatic heterocycles. The lowest BCUT2D eigenvalue weighted by molar-refractivity contribution is -0.125. The smallest absolute Gasteiger partial charge is 0.245 e. The average Bonchev–Trinajstić information content (AvgIpc) is 2.69. The van der Waals surface area contributed by atoms with Gasteiger partial charge in [0.05, 0.1) is 22.1 Å². The van der Waals surface area contributed by atoms with E-state index in [2.05, 4.69) is 0 Å². The van der Waals surface area contributed by atoms with Gasteiger partial charge in [-0.1, -0.05) is 24.3 Å². The van der Waals surface area contributed by atoms with Crippen LogP contribution < -0.4 is 0 Å². The van der Waals surface area contributed by atoms with Crippen molar-refractivity contribution < 1.29 is 17.9 Å². The maximum atomic E-state index is 13.0. The van der Waals surface area contributed by atoms with Crippen molar-refractivity contribution in [3.63, 3.8) is 0 Å². The Kier molecular flexibility index (Phi) is 5.05. The number of hydrogen-bond donors (Lipinski definition) is 0. The van der Waals surface area contributed by atoms with E-state index in [0.29, 0.717) is 18.4 Å². The van der Waals surface area contributed by atoms with Crippen molar-refractivity contribution in [2.24, 2.45) is 0 Å². The summed E-state index contributed by atoms with van der Waals surface area (Å²) in [5.74, 6) is -0.124. The van der Waals surface area contributed by atoms with Crippen LogP contribution in [0.2, 0.25) is 0 Å². The number of nitrogens with zero attached hydrogens (tertiary/aromatic N) is 2. The Balaban J connectivity index is 2.05. The Hall–Kier alpha value is -3.11. The number of amides is 1. The molecule has 0 N–H and O–H groups in total. The summed E-state index contributed by atoms with van der Waals surface area (Å²) in [6.07, 6.45) is 8.37. The molecule has 0 radical (unpaired) electrons. The van der Waals surface area contributed by atoms with Crippen LogP contribution in [0.15, 0.2) is 82.3 Å². The molecule has 1 heterocycles. The molecule has 6 nitrogen and oxygen atoms in total. The van der Waals surface area contributed by atoms with E-state index in [-0.39, 0.29) is 22.0 Å². The molecule has 7 heteroatoms. The minimum Gasteiger partial charge on any atom is -0.462 e. The maximum absolute atomic E-state index is 13.0. The Bertz CT molecular complexity index is 980. The molecule has 2 aliphatic rings. The summed E-state index contributed by atoms with van der Waals surface area (Å²) in [4.78, 5) is 13.5. The fourth-order valence-electron chi connectivity index (χ4n) is 2.70. The highest BCUT2D eigenvalue weighted by atomic mass is 32.2. The molecule has 1 aliphatic heterocycles. The highest BCUT2D eigenvalue weighted by molar-refractivity contribution is 7.95. The molecule has 1 aromatic carbocycles. The molecular weight excluding hydrogens is 352 g/mol. The van der Waals surface area contributed by atoms with E-state index < -0.39 is 15.7 Å². The Labute approximate surface area is 151 Å². The lowest BCUT2D eigenvalue weighted by Gasteiger charge is -2.23. The third-order valence-electron chi connectivity index (χ3n) is 3.96. The molecule has 0 fully saturated rings. The second kappa shape index (κ2) is 7.42. The Morgan fingerprint density at radius 3 is 2.77 bits per heavy atom. The van der Waals surface area contributed by atoms with Crippen LogP contribution >= 0.6 is 0 Å². The minimum atomic E-state index is -3.72. The summed E-state index contributed by atoms with van der Waals surface area (Å²) < 4.78 is 31.5. The molecule has 0 atom stereocenters. The summed E-state index contributed by atoms with van der Waals surface area (Å²) in [5, 5.41) is 8.69. The van der Waals surface area contributed by atoms with Crippen LogP contribution in [0.25, 0.3) is 0 Å². The summed E-state index contributed by atoms with van der Waals surface area (Å²) >= 11 is 0. The second-order valence-electron chi connectivity index (χ2n) is 5.63. The Morgan fingerprint density at radius 1 is 1.27 bits per heavy atom. The highest BCUT2D eigenvalue weighted by Crippen LogP contribution is 2.34. The number of sulfone groups is 1. The van der Waals surface area contributed by atoms with Gasteiger partial charge in [0.1, 0.15) is 18.4 Å². The van der Waals surface area contributed by atoms with Crippen molar-refractivity contribution in [3.05, 3.63) is 77.4 Å². The molecule has 3 rings (SSSR count). The van der Waals surface area contributed by atoms with Crippen LogP contribution in [0.1, 0.15) is 19.3 Å². The van der Waals surface area contributed by atoms with E-state index >= 15 is 0 Å². The lowest BCUT2D eigenvalue weighted by atomic mass is 10.0. The number of benzene rings is 1. The molecule has 1 aliphatic carbocycles. The first-order chi connectivity index (χ1) is 12.5. The van der Waals surface area contributed by atoms with Gasteiger partial charge in [-0.3, -0.25) is 9.69 Å². The van der Waals surface area contributed by atoms with Crippen molar-refractivity contribution in [3.8, 4) is 6.07 Å². The van der Waals surface area contributed by atoms with Gasteiger partial charge in [0, 0.05) is 11.8 Å². The summed E-state index contributed by atoms with van der Waals surface area (Å²) in [7, 11) is -3.72. The van der Waals surface area contributed by atoms with Gasteiger partial charge in [0.2, 0.25) is 15.7 Å². The van der Waals surface area contributed by atoms with Crippen molar-refractivity contribution in [1.29, 1.82) is 5.26 Å². The first kappa shape index (κ1) is 17.7. The fraction of sp³-hybridized carbons (Fsp3) is 0.158. The summed E-state index contributed by atoms with van der Waals surface area (Å²) in [6.45, 7) is 0. The second-order valence-corrected chi connectivity index (χ2v) is 7.55. The zero-order valence-electron chi connectivity index (χ0n) is 13.8. The number of ether oxygens (including phenoxy) is 1. The van der Waals surface area contributed by atoms with Crippen LogP contribution in [-0.2, 0) is 19.4 Å². The third-order valence-corrected chi connectivity index (χ3v) is 5.81. The standard InChI is InChI=1S/C19H16N2O4S/c20-11-10-19(22)21-12-13-25-17(14-21)16-8-4-5-9-18(16)26(23,24)15-6-2-1-3-7-15/h1-3,5-7,9,12-14H,4,8,10H2. The quantitative estimate of drug-likeness (QED) is 0.815. The van der Waals surface area contributed by atoms with E-state index in [4.69, 9.17) is 10.00 Å². The van der Waals surface area contributed by atoms with E-state index in [0.717, 1.165) is 0 Å². The number of allylic oxidation sites excluding steroid dienone is 3. The van der Waals surface area contributed by atoms with E-state index in [1.54, 1.807) is 48.6 Å². The maximum Gasteiger partial charge on any atom is 0.245 e. The fourth-order valence-corrected chi connectivity index (χ4v) is 4.27. The van der Waals surface area contributed by atoms with Crippen LogP contribution in [0.3, 0.4) is 0 Å². The lowest BCUT2D eigenvalue weighted by Crippen LogP contribution is -2.23. The van der Waals surface area contributed by atoms with Gasteiger partial charge in [0.25, 0.3) is 0 Å². The first-order valence-corrected chi connectivity index (χ1v) is 9.46. The predicted molar refractivity (Wildman–Crippen MR) is 94.4 cm³/mol. The van der Waals surface area contributed by atoms with Crippen LogP contribution in [-0.4, -0.2) is 19.2 Å². The average molecular weight is 368 g/mol. The van der Waals surface area contributed by atoms with Gasteiger partial charge in [-0.05, 0) is 31.1 Å². The minimum absolute atomic E-state index is 0.157. The zero-order valence-corrected chi connectivity index (χ0v) is 14.6. The topological polar surface area (TPSA) is 87.5 Å². The zero-order chi connectivity index (χ0) is 18.6. The van der Waals surface area contributed by atoms with Crippen molar-refractivity contribution >= 4 is 15.7 Å². The largest absolute Gasteiger partial charge is 0.462 e. The first-order valence-electron chi connectivity index (χ1n) is 7.97. The van der Waals surface area contributed by atoms with Crippen molar-refractivity contribution in [1.82, 2.24) is 4.90 Å². The van der Waals surface area contributed by atoms with E-state index in [9.17, 15) is 13.2 Å². The molecule has 26 heavy (non-hydrogen) atoms. The van der Waals surface area contributed by atoms with Crippen LogP contribution in [0, 0.1) is 11.3 Å². The molecule has 0 spiro atoms. The molecule has 0 bridgehead atoms.